The second-order valence-electron chi connectivity index (χ2n) is 7.69. The van der Waals surface area contributed by atoms with Crippen LogP contribution in [0.5, 0.6) is 0 Å². The molecule has 1 aliphatic heterocycles. The number of rotatable bonds is 10. The molecule has 1 fully saturated rings. The fraction of sp³-hybridized carbons (Fsp3) is 0.667. The number of piperidine rings is 1. The molecule has 1 aromatic carbocycles. The fourth-order valence-corrected chi connectivity index (χ4v) is 4.52. The van der Waals surface area contributed by atoms with Gasteiger partial charge in [0.25, 0.3) is 0 Å². The van der Waals surface area contributed by atoms with E-state index in [2.05, 4.69) is 20.5 Å². The number of guanidine groups is 1. The third kappa shape index (κ3) is 8.20. The van der Waals surface area contributed by atoms with Gasteiger partial charge in [0.15, 0.2) is 15.8 Å². The molecular weight excluding hydrogens is 407 g/mol. The molecule has 2 N–H and O–H groups in total. The standard InChI is InChI=1S/C21H35FN4O3S/c1-4-23-21(24-11-16-30(27,28)20-8-6-5-7-19(20)22)25-18-9-12-26(13-10-18)14-15-29-17(2)3/h5-8,17-18H,4,9-16H2,1-3H3,(H2,23,24,25). The summed E-state index contributed by atoms with van der Waals surface area (Å²) in [6.07, 6.45) is 2.23. The zero-order chi connectivity index (χ0) is 22.0. The fourth-order valence-electron chi connectivity index (χ4n) is 3.32. The SMILES string of the molecule is CCNC(=NCCS(=O)(=O)c1ccccc1F)NC1CCN(CCOC(C)C)CC1. The Morgan fingerprint density at radius 3 is 2.63 bits per heavy atom. The van der Waals surface area contributed by atoms with Crippen molar-refractivity contribution in [3.8, 4) is 0 Å². The topological polar surface area (TPSA) is 83.0 Å². The van der Waals surface area contributed by atoms with E-state index in [-0.39, 0.29) is 29.3 Å². The molecular formula is C21H35FN4O3S. The normalized spacial score (nSPS) is 16.8. The molecule has 0 unspecified atom stereocenters. The van der Waals surface area contributed by atoms with E-state index in [0.29, 0.717) is 12.5 Å². The Hall–Kier alpha value is -1.71. The molecule has 1 aromatic rings. The highest BCUT2D eigenvalue weighted by atomic mass is 32.2. The third-order valence-corrected chi connectivity index (χ3v) is 6.65. The zero-order valence-corrected chi connectivity index (χ0v) is 19.0. The molecule has 30 heavy (non-hydrogen) atoms. The highest BCUT2D eigenvalue weighted by Gasteiger charge is 2.21. The maximum absolute atomic E-state index is 13.8. The molecule has 0 spiro atoms. The Kier molecular flexibility index (Phi) is 10.0. The number of hydrogen-bond donors (Lipinski definition) is 2. The van der Waals surface area contributed by atoms with Gasteiger partial charge in [-0.15, -0.1) is 0 Å². The summed E-state index contributed by atoms with van der Waals surface area (Å²) in [4.78, 5) is 6.52. The summed E-state index contributed by atoms with van der Waals surface area (Å²) in [6.45, 7) is 10.4. The van der Waals surface area contributed by atoms with Crippen molar-refractivity contribution in [1.29, 1.82) is 0 Å². The molecule has 7 nitrogen and oxygen atoms in total. The Morgan fingerprint density at radius 1 is 1.30 bits per heavy atom. The third-order valence-electron chi connectivity index (χ3n) is 4.93. The van der Waals surface area contributed by atoms with Gasteiger partial charge in [0.1, 0.15) is 10.7 Å². The highest BCUT2D eigenvalue weighted by molar-refractivity contribution is 7.91. The number of halogens is 1. The lowest BCUT2D eigenvalue weighted by Crippen LogP contribution is -2.49. The number of benzene rings is 1. The Labute approximate surface area is 180 Å². The van der Waals surface area contributed by atoms with E-state index in [0.717, 1.165) is 45.1 Å². The summed E-state index contributed by atoms with van der Waals surface area (Å²) in [5.41, 5.74) is 0. The minimum Gasteiger partial charge on any atom is -0.377 e. The van der Waals surface area contributed by atoms with Gasteiger partial charge in [-0.2, -0.15) is 0 Å². The highest BCUT2D eigenvalue weighted by Crippen LogP contribution is 2.15. The minimum absolute atomic E-state index is 0.0669. The molecule has 0 aromatic heterocycles. The molecule has 0 bridgehead atoms. The van der Waals surface area contributed by atoms with Gasteiger partial charge in [0.2, 0.25) is 0 Å². The molecule has 0 radical (unpaired) electrons. The van der Waals surface area contributed by atoms with Crippen LogP contribution in [-0.2, 0) is 14.6 Å². The van der Waals surface area contributed by atoms with E-state index in [1.807, 2.05) is 20.8 Å². The number of nitrogens with zero attached hydrogens (tertiary/aromatic N) is 2. The minimum atomic E-state index is -3.71. The average molecular weight is 443 g/mol. The van der Waals surface area contributed by atoms with Crippen molar-refractivity contribution >= 4 is 15.8 Å². The summed E-state index contributed by atoms with van der Waals surface area (Å²) in [7, 11) is -3.71. The smallest absolute Gasteiger partial charge is 0.191 e. The van der Waals surface area contributed by atoms with Crippen LogP contribution in [0.25, 0.3) is 0 Å². The van der Waals surface area contributed by atoms with Crippen molar-refractivity contribution in [1.82, 2.24) is 15.5 Å². The van der Waals surface area contributed by atoms with Crippen LogP contribution in [0.15, 0.2) is 34.2 Å². The van der Waals surface area contributed by atoms with Crippen molar-refractivity contribution in [2.75, 3.05) is 45.1 Å². The second kappa shape index (κ2) is 12.2. The van der Waals surface area contributed by atoms with Crippen LogP contribution in [-0.4, -0.2) is 76.5 Å². The number of sulfone groups is 1. The van der Waals surface area contributed by atoms with Crippen LogP contribution in [0.1, 0.15) is 33.6 Å². The molecule has 0 saturated carbocycles. The van der Waals surface area contributed by atoms with Gasteiger partial charge >= 0.3 is 0 Å². The van der Waals surface area contributed by atoms with Crippen LogP contribution in [0, 0.1) is 5.82 Å². The first-order valence-electron chi connectivity index (χ1n) is 10.7. The summed E-state index contributed by atoms with van der Waals surface area (Å²) >= 11 is 0. The van der Waals surface area contributed by atoms with Gasteiger partial charge in [0, 0.05) is 32.2 Å². The molecule has 0 atom stereocenters. The number of ether oxygens (including phenoxy) is 1. The molecule has 1 heterocycles. The van der Waals surface area contributed by atoms with Crippen molar-refractivity contribution < 1.29 is 17.5 Å². The van der Waals surface area contributed by atoms with E-state index in [4.69, 9.17) is 4.74 Å². The Bertz CT molecular complexity index is 778. The summed E-state index contributed by atoms with van der Waals surface area (Å²) in [6, 6.07) is 5.73. The molecule has 0 aliphatic carbocycles. The number of nitrogens with one attached hydrogen (secondary N) is 2. The Balaban J connectivity index is 1.83. The van der Waals surface area contributed by atoms with E-state index < -0.39 is 15.7 Å². The number of aliphatic imine (C=N–C) groups is 1. The maximum atomic E-state index is 13.8. The van der Waals surface area contributed by atoms with Crippen molar-refractivity contribution in [3.63, 3.8) is 0 Å². The largest absolute Gasteiger partial charge is 0.377 e. The van der Waals surface area contributed by atoms with Gasteiger partial charge in [-0.1, -0.05) is 12.1 Å². The van der Waals surface area contributed by atoms with Crippen molar-refractivity contribution in [3.05, 3.63) is 30.1 Å². The summed E-state index contributed by atoms with van der Waals surface area (Å²) < 4.78 is 44.2. The lowest BCUT2D eigenvalue weighted by atomic mass is 10.1. The second-order valence-corrected chi connectivity index (χ2v) is 9.77. The zero-order valence-electron chi connectivity index (χ0n) is 18.2. The summed E-state index contributed by atoms with van der Waals surface area (Å²) in [5.74, 6) is -0.362. The van der Waals surface area contributed by atoms with E-state index in [1.54, 1.807) is 0 Å². The lowest BCUT2D eigenvalue weighted by molar-refractivity contribution is 0.0532. The van der Waals surface area contributed by atoms with E-state index >= 15 is 0 Å². The molecule has 9 heteroatoms. The van der Waals surface area contributed by atoms with Crippen molar-refractivity contribution in [2.24, 2.45) is 4.99 Å². The first-order valence-corrected chi connectivity index (χ1v) is 12.3. The van der Waals surface area contributed by atoms with Gasteiger partial charge < -0.3 is 20.3 Å². The van der Waals surface area contributed by atoms with E-state index in [1.165, 1.54) is 18.2 Å². The summed E-state index contributed by atoms with van der Waals surface area (Å²) in [5, 5.41) is 6.56. The average Bonchev–Trinajstić information content (AvgIpc) is 2.69. The quantitative estimate of drug-likeness (QED) is 0.426. The predicted molar refractivity (Wildman–Crippen MR) is 118 cm³/mol. The molecule has 1 saturated heterocycles. The molecule has 2 rings (SSSR count). The van der Waals surface area contributed by atoms with Crippen LogP contribution in [0.2, 0.25) is 0 Å². The number of hydrogen-bond acceptors (Lipinski definition) is 5. The van der Waals surface area contributed by atoms with Crippen LogP contribution >= 0.6 is 0 Å². The van der Waals surface area contributed by atoms with Crippen LogP contribution in [0.3, 0.4) is 0 Å². The van der Waals surface area contributed by atoms with Gasteiger partial charge in [-0.3, -0.25) is 4.99 Å². The lowest BCUT2D eigenvalue weighted by Gasteiger charge is -2.33. The molecule has 0 amide bonds. The van der Waals surface area contributed by atoms with Crippen LogP contribution < -0.4 is 10.6 Å². The molecule has 1 aliphatic rings. The van der Waals surface area contributed by atoms with Crippen LogP contribution in [0.4, 0.5) is 4.39 Å². The van der Waals surface area contributed by atoms with Crippen molar-refractivity contribution in [2.45, 2.75) is 50.7 Å². The first-order chi connectivity index (χ1) is 14.3. The predicted octanol–water partition coefficient (Wildman–Crippen LogP) is 2.04. The van der Waals surface area contributed by atoms with Gasteiger partial charge in [-0.05, 0) is 45.7 Å². The molecule has 170 valence electrons. The van der Waals surface area contributed by atoms with Gasteiger partial charge in [0.05, 0.1) is 25.0 Å². The maximum Gasteiger partial charge on any atom is 0.191 e. The Morgan fingerprint density at radius 2 is 2.00 bits per heavy atom. The number of likely N-dealkylation sites (tertiary alicyclic amines) is 1. The first kappa shape index (κ1) is 24.6. The monoisotopic (exact) mass is 442 g/mol. The van der Waals surface area contributed by atoms with Gasteiger partial charge in [-0.25, -0.2) is 12.8 Å². The van der Waals surface area contributed by atoms with E-state index in [9.17, 15) is 12.8 Å².